The van der Waals surface area contributed by atoms with Gasteiger partial charge in [-0.2, -0.15) is 5.10 Å². The monoisotopic (exact) mass is 481 g/mol. The molecule has 1 atom stereocenters. The largest absolute Gasteiger partial charge is 0.496 e. The first-order valence-corrected chi connectivity index (χ1v) is 11.3. The van der Waals surface area contributed by atoms with Gasteiger partial charge in [-0.05, 0) is 43.5 Å². The number of ether oxygens (including phenoxy) is 2. The molecular formula is C23H24ClN7O3. The number of rotatable bonds is 6. The third kappa shape index (κ3) is 4.29. The molecule has 1 aromatic carbocycles. The number of nitrogen functional groups attached to an aromatic ring is 1. The fraction of sp³-hybridized carbons (Fsp3) is 0.304. The Bertz CT molecular complexity index is 1340. The molecule has 3 N–H and O–H groups in total. The van der Waals surface area contributed by atoms with Crippen molar-refractivity contribution >= 4 is 34.7 Å². The fourth-order valence-corrected chi connectivity index (χ4v) is 4.31. The van der Waals surface area contributed by atoms with E-state index in [2.05, 4.69) is 15.4 Å². The number of fused-ring (bicyclic) bond motifs is 1. The van der Waals surface area contributed by atoms with Crippen LogP contribution in [-0.2, 0) is 11.3 Å². The predicted molar refractivity (Wildman–Crippen MR) is 128 cm³/mol. The van der Waals surface area contributed by atoms with E-state index >= 15 is 0 Å². The molecule has 34 heavy (non-hydrogen) atoms. The summed E-state index contributed by atoms with van der Waals surface area (Å²) in [7, 11) is 1.57. The summed E-state index contributed by atoms with van der Waals surface area (Å²) in [5.74, 6) is 0.222. The molecule has 0 radical (unpaired) electrons. The van der Waals surface area contributed by atoms with Gasteiger partial charge in [-0.25, -0.2) is 9.50 Å². The third-order valence-electron chi connectivity index (χ3n) is 5.74. The highest BCUT2D eigenvalue weighted by molar-refractivity contribution is 6.31. The number of carbonyl (C=O) groups excluding carboxylic acids is 1. The molecule has 1 unspecified atom stereocenters. The molecule has 5 rings (SSSR count). The topological polar surface area (TPSA) is 122 Å². The van der Waals surface area contributed by atoms with Crippen LogP contribution in [0.25, 0.3) is 16.9 Å². The number of nitrogens with zero attached hydrogens (tertiary/aromatic N) is 5. The summed E-state index contributed by atoms with van der Waals surface area (Å²) in [6.45, 7) is 1.30. The maximum atomic E-state index is 13.3. The van der Waals surface area contributed by atoms with Gasteiger partial charge in [0.15, 0.2) is 11.5 Å². The van der Waals surface area contributed by atoms with E-state index in [9.17, 15) is 4.79 Å². The average molecular weight is 482 g/mol. The number of methoxy groups -OCH3 is 1. The molecule has 4 heterocycles. The number of anilines is 2. The SMILES string of the molecule is COc1ccc(Cl)cc1-c1nn(CC2CCCCO2)cc1NC(=O)c1c(N)nn2cccnc12. The Morgan fingerprint density at radius 1 is 1.35 bits per heavy atom. The second kappa shape index (κ2) is 9.32. The quantitative estimate of drug-likeness (QED) is 0.431. The minimum absolute atomic E-state index is 0.0609. The number of nitrogens with two attached hydrogens (primary N) is 1. The number of halogens is 1. The van der Waals surface area contributed by atoms with Crippen molar-refractivity contribution in [3.8, 4) is 17.0 Å². The Labute approximate surface area is 200 Å². The number of amides is 1. The van der Waals surface area contributed by atoms with E-state index in [1.54, 1.807) is 54.6 Å². The van der Waals surface area contributed by atoms with Gasteiger partial charge in [0.1, 0.15) is 17.0 Å². The van der Waals surface area contributed by atoms with Crippen LogP contribution in [0.4, 0.5) is 11.5 Å². The lowest BCUT2D eigenvalue weighted by Crippen LogP contribution is -2.24. The van der Waals surface area contributed by atoms with Crippen LogP contribution in [0, 0.1) is 0 Å². The third-order valence-corrected chi connectivity index (χ3v) is 5.98. The number of carbonyl (C=O) groups is 1. The lowest BCUT2D eigenvalue weighted by atomic mass is 10.1. The molecule has 1 fully saturated rings. The molecule has 3 aromatic heterocycles. The summed E-state index contributed by atoms with van der Waals surface area (Å²) in [5, 5.41) is 12.4. The smallest absolute Gasteiger partial charge is 0.263 e. The Kier molecular flexibility index (Phi) is 6.08. The maximum absolute atomic E-state index is 13.3. The van der Waals surface area contributed by atoms with E-state index in [0.717, 1.165) is 25.9 Å². The summed E-state index contributed by atoms with van der Waals surface area (Å²) < 4.78 is 14.7. The molecule has 11 heteroatoms. The van der Waals surface area contributed by atoms with Crippen molar-refractivity contribution in [2.45, 2.75) is 31.9 Å². The van der Waals surface area contributed by atoms with Gasteiger partial charge < -0.3 is 20.5 Å². The number of nitrogens with one attached hydrogen (secondary N) is 1. The molecule has 1 amide bonds. The van der Waals surface area contributed by atoms with Crippen LogP contribution in [0.1, 0.15) is 29.6 Å². The minimum atomic E-state index is -0.443. The standard InChI is InChI=1S/C23H24ClN7O3/c1-33-18-7-6-14(24)11-16(18)20-17(13-30(28-20)12-15-5-2-3-10-34-15)27-23(32)19-21(25)29-31-9-4-8-26-22(19)31/h4,6-9,11,13,15H,2-3,5,10,12H2,1H3,(H2,25,29)(H,27,32). The second-order valence-electron chi connectivity index (χ2n) is 8.05. The van der Waals surface area contributed by atoms with Crippen LogP contribution in [0.2, 0.25) is 5.02 Å². The maximum Gasteiger partial charge on any atom is 0.263 e. The summed E-state index contributed by atoms with van der Waals surface area (Å²) in [4.78, 5) is 17.6. The Hall–Kier alpha value is -3.63. The molecule has 1 saturated heterocycles. The highest BCUT2D eigenvalue weighted by Crippen LogP contribution is 2.36. The first-order chi connectivity index (χ1) is 16.5. The first kappa shape index (κ1) is 22.2. The van der Waals surface area contributed by atoms with E-state index in [-0.39, 0.29) is 17.5 Å². The molecule has 0 spiro atoms. The van der Waals surface area contributed by atoms with E-state index < -0.39 is 5.91 Å². The molecule has 176 valence electrons. The van der Waals surface area contributed by atoms with Crippen molar-refractivity contribution in [3.05, 3.63) is 53.4 Å². The van der Waals surface area contributed by atoms with Crippen molar-refractivity contribution in [2.24, 2.45) is 0 Å². The fourth-order valence-electron chi connectivity index (χ4n) is 4.14. The van der Waals surface area contributed by atoms with Gasteiger partial charge in [-0.3, -0.25) is 9.48 Å². The van der Waals surface area contributed by atoms with Crippen LogP contribution in [0.3, 0.4) is 0 Å². The van der Waals surface area contributed by atoms with Crippen LogP contribution in [-0.4, -0.2) is 50.1 Å². The highest BCUT2D eigenvalue weighted by atomic mass is 35.5. The molecule has 0 aliphatic carbocycles. The van der Waals surface area contributed by atoms with Gasteiger partial charge in [0, 0.05) is 35.8 Å². The lowest BCUT2D eigenvalue weighted by Gasteiger charge is -2.22. The van der Waals surface area contributed by atoms with Gasteiger partial charge in [0.2, 0.25) is 0 Å². The van der Waals surface area contributed by atoms with Crippen LogP contribution >= 0.6 is 11.6 Å². The van der Waals surface area contributed by atoms with Crippen molar-refractivity contribution in [3.63, 3.8) is 0 Å². The average Bonchev–Trinajstić information content (AvgIpc) is 3.38. The molecular weight excluding hydrogens is 458 g/mol. The van der Waals surface area contributed by atoms with E-state index in [1.807, 2.05) is 0 Å². The molecule has 1 aliphatic heterocycles. The van der Waals surface area contributed by atoms with Crippen molar-refractivity contribution < 1.29 is 14.3 Å². The number of hydrogen-bond acceptors (Lipinski definition) is 7. The Balaban J connectivity index is 1.54. The van der Waals surface area contributed by atoms with Gasteiger partial charge >= 0.3 is 0 Å². The number of benzene rings is 1. The van der Waals surface area contributed by atoms with Crippen molar-refractivity contribution in [2.75, 3.05) is 24.8 Å². The van der Waals surface area contributed by atoms with Gasteiger partial charge in [-0.1, -0.05) is 11.6 Å². The minimum Gasteiger partial charge on any atom is -0.496 e. The van der Waals surface area contributed by atoms with Gasteiger partial charge in [-0.15, -0.1) is 5.10 Å². The van der Waals surface area contributed by atoms with Crippen LogP contribution in [0.15, 0.2) is 42.9 Å². The molecule has 0 saturated carbocycles. The number of hydrogen-bond donors (Lipinski definition) is 2. The zero-order chi connectivity index (χ0) is 23.7. The van der Waals surface area contributed by atoms with E-state index in [4.69, 9.17) is 31.9 Å². The van der Waals surface area contributed by atoms with Crippen molar-refractivity contribution in [1.82, 2.24) is 24.4 Å². The summed E-state index contributed by atoms with van der Waals surface area (Å²) >= 11 is 6.28. The van der Waals surface area contributed by atoms with Crippen LogP contribution in [0.5, 0.6) is 5.75 Å². The Morgan fingerprint density at radius 2 is 2.24 bits per heavy atom. The van der Waals surface area contributed by atoms with E-state index in [0.29, 0.717) is 39.9 Å². The summed E-state index contributed by atoms with van der Waals surface area (Å²) in [6.07, 6.45) is 8.24. The first-order valence-electron chi connectivity index (χ1n) is 11.0. The second-order valence-corrected chi connectivity index (χ2v) is 8.49. The predicted octanol–water partition coefficient (Wildman–Crippen LogP) is 3.66. The van der Waals surface area contributed by atoms with Gasteiger partial charge in [0.25, 0.3) is 5.91 Å². The summed E-state index contributed by atoms with van der Waals surface area (Å²) in [5.41, 5.74) is 8.25. The molecule has 10 nitrogen and oxygen atoms in total. The zero-order valence-corrected chi connectivity index (χ0v) is 19.3. The zero-order valence-electron chi connectivity index (χ0n) is 18.6. The van der Waals surface area contributed by atoms with Crippen molar-refractivity contribution in [1.29, 1.82) is 0 Å². The van der Waals surface area contributed by atoms with Crippen LogP contribution < -0.4 is 15.8 Å². The Morgan fingerprint density at radius 3 is 3.03 bits per heavy atom. The van der Waals surface area contributed by atoms with E-state index in [1.165, 1.54) is 4.52 Å². The molecule has 1 aliphatic rings. The highest BCUT2D eigenvalue weighted by Gasteiger charge is 2.24. The van der Waals surface area contributed by atoms with Gasteiger partial charge in [0.05, 0.1) is 25.4 Å². The lowest BCUT2D eigenvalue weighted by molar-refractivity contribution is 0.00404. The molecule has 0 bridgehead atoms. The summed E-state index contributed by atoms with van der Waals surface area (Å²) in [6, 6.07) is 6.97. The molecule has 4 aromatic rings. The normalized spacial score (nSPS) is 16.0. The number of aromatic nitrogens is 5.